The number of benzene rings is 3. The first-order chi connectivity index (χ1) is 19.0. The van der Waals surface area contributed by atoms with Gasteiger partial charge < -0.3 is 10.2 Å². The fourth-order valence-corrected chi connectivity index (χ4v) is 6.09. The first-order valence-electron chi connectivity index (χ1n) is 12.5. The zero-order valence-corrected chi connectivity index (χ0v) is 25.8. The monoisotopic (exact) mass is 643 g/mol. The number of unbranched alkanes of at least 4 members (excludes halogenated alkanes) is 1. The number of carbonyl (C=O) groups is 2. The number of amides is 2. The molecule has 12 heteroatoms. The molecule has 0 saturated carbocycles. The van der Waals surface area contributed by atoms with Gasteiger partial charge in [0.25, 0.3) is 10.0 Å². The Balaban J connectivity index is 2.04. The van der Waals surface area contributed by atoms with E-state index in [1.807, 2.05) is 6.92 Å². The van der Waals surface area contributed by atoms with E-state index in [0.29, 0.717) is 17.1 Å². The van der Waals surface area contributed by atoms with Crippen LogP contribution in [0.25, 0.3) is 0 Å². The Morgan fingerprint density at radius 1 is 0.900 bits per heavy atom. The predicted molar refractivity (Wildman–Crippen MR) is 162 cm³/mol. The lowest BCUT2D eigenvalue weighted by Crippen LogP contribution is -2.51. The van der Waals surface area contributed by atoms with Crippen molar-refractivity contribution in [2.24, 2.45) is 0 Å². The lowest BCUT2D eigenvalue weighted by molar-refractivity contribution is -0.139. The quantitative estimate of drug-likeness (QED) is 0.219. The summed E-state index contributed by atoms with van der Waals surface area (Å²) < 4.78 is 28.5. The minimum atomic E-state index is -4.27. The largest absolute Gasteiger partial charge is 0.354 e. The molecule has 0 aromatic heterocycles. The van der Waals surface area contributed by atoms with Crippen molar-refractivity contribution in [2.45, 2.75) is 44.2 Å². The molecule has 0 heterocycles. The number of hydrogen-bond acceptors (Lipinski definition) is 4. The molecule has 0 spiro atoms. The second kappa shape index (κ2) is 14.4. The standard InChI is InChI=1S/C28H29Cl4N3O4S/c1-3-4-15-33-28(37)19(2)34(17-20-13-14-22(29)24(31)16-20)26(36)18-35(25-12-8-11-23(30)27(25)32)40(38,39)21-9-6-5-7-10-21/h5-14,16,19H,3-4,15,17-18H2,1-2H3,(H,33,37)/t19-/m0/s1. The number of nitrogens with zero attached hydrogens (tertiary/aromatic N) is 2. The molecule has 1 atom stereocenters. The Labute approximate surface area is 255 Å². The molecule has 0 bridgehead atoms. The maximum atomic E-state index is 13.9. The number of halogens is 4. The molecule has 40 heavy (non-hydrogen) atoms. The van der Waals surface area contributed by atoms with E-state index in [-0.39, 0.29) is 38.1 Å². The summed E-state index contributed by atoms with van der Waals surface area (Å²) in [7, 11) is -4.27. The van der Waals surface area contributed by atoms with Gasteiger partial charge in [0, 0.05) is 13.1 Å². The molecule has 2 amide bonds. The number of sulfonamides is 1. The Hall–Kier alpha value is -2.49. The fraction of sp³-hybridized carbons (Fsp3) is 0.286. The molecule has 0 radical (unpaired) electrons. The summed E-state index contributed by atoms with van der Waals surface area (Å²) in [6.45, 7) is 3.35. The molecule has 0 fully saturated rings. The van der Waals surface area contributed by atoms with E-state index in [1.165, 1.54) is 29.2 Å². The molecule has 7 nitrogen and oxygen atoms in total. The van der Waals surface area contributed by atoms with Crippen LogP contribution in [0, 0.1) is 0 Å². The molecule has 0 aliphatic carbocycles. The van der Waals surface area contributed by atoms with Crippen LogP contribution in [-0.4, -0.2) is 44.3 Å². The topological polar surface area (TPSA) is 86.8 Å². The molecular formula is C28H29Cl4N3O4S. The van der Waals surface area contributed by atoms with Gasteiger partial charge in [-0.05, 0) is 55.3 Å². The van der Waals surface area contributed by atoms with Crippen molar-refractivity contribution in [3.05, 3.63) is 92.4 Å². The Morgan fingerprint density at radius 2 is 1.60 bits per heavy atom. The van der Waals surface area contributed by atoms with Gasteiger partial charge in [-0.3, -0.25) is 13.9 Å². The van der Waals surface area contributed by atoms with Crippen LogP contribution in [-0.2, 0) is 26.2 Å². The third kappa shape index (κ3) is 7.83. The van der Waals surface area contributed by atoms with Gasteiger partial charge in [-0.25, -0.2) is 8.42 Å². The normalized spacial score (nSPS) is 12.1. The van der Waals surface area contributed by atoms with E-state index in [0.717, 1.165) is 17.1 Å². The zero-order valence-electron chi connectivity index (χ0n) is 21.9. The lowest BCUT2D eigenvalue weighted by atomic mass is 10.1. The number of anilines is 1. The van der Waals surface area contributed by atoms with E-state index in [4.69, 9.17) is 46.4 Å². The smallest absolute Gasteiger partial charge is 0.264 e. The molecule has 3 aromatic rings. The Kier molecular flexibility index (Phi) is 11.5. The van der Waals surface area contributed by atoms with Crippen molar-refractivity contribution in [2.75, 3.05) is 17.4 Å². The first-order valence-corrected chi connectivity index (χ1v) is 15.5. The van der Waals surface area contributed by atoms with Gasteiger partial charge in [-0.15, -0.1) is 0 Å². The molecule has 0 aliphatic heterocycles. The first kappa shape index (κ1) is 32.0. The van der Waals surface area contributed by atoms with Crippen molar-refractivity contribution >= 4 is 73.9 Å². The van der Waals surface area contributed by atoms with Crippen molar-refractivity contribution in [1.29, 1.82) is 0 Å². The van der Waals surface area contributed by atoms with E-state index < -0.39 is 28.5 Å². The van der Waals surface area contributed by atoms with Crippen molar-refractivity contribution in [3.8, 4) is 0 Å². The molecular weight excluding hydrogens is 616 g/mol. The summed E-state index contributed by atoms with van der Waals surface area (Å²) in [4.78, 5) is 28.2. The molecule has 0 unspecified atom stereocenters. The highest BCUT2D eigenvalue weighted by Gasteiger charge is 2.33. The highest BCUT2D eigenvalue weighted by atomic mass is 35.5. The van der Waals surface area contributed by atoms with Crippen LogP contribution in [0.5, 0.6) is 0 Å². The SMILES string of the molecule is CCCCNC(=O)[C@H](C)N(Cc1ccc(Cl)c(Cl)c1)C(=O)CN(c1cccc(Cl)c1Cl)S(=O)(=O)c1ccccc1. The van der Waals surface area contributed by atoms with Gasteiger partial charge in [0.2, 0.25) is 11.8 Å². The molecule has 3 aromatic carbocycles. The maximum Gasteiger partial charge on any atom is 0.264 e. The summed E-state index contributed by atoms with van der Waals surface area (Å²) in [6, 6.07) is 16.1. The van der Waals surface area contributed by atoms with E-state index in [2.05, 4.69) is 5.32 Å². The van der Waals surface area contributed by atoms with E-state index >= 15 is 0 Å². The van der Waals surface area contributed by atoms with E-state index in [1.54, 1.807) is 49.4 Å². The minimum Gasteiger partial charge on any atom is -0.354 e. The van der Waals surface area contributed by atoms with Crippen molar-refractivity contribution in [1.82, 2.24) is 10.2 Å². The van der Waals surface area contributed by atoms with Gasteiger partial charge in [0.15, 0.2) is 0 Å². The highest BCUT2D eigenvalue weighted by Crippen LogP contribution is 2.35. The minimum absolute atomic E-state index is 0.0272. The highest BCUT2D eigenvalue weighted by molar-refractivity contribution is 7.92. The molecule has 0 aliphatic rings. The van der Waals surface area contributed by atoms with Gasteiger partial charge in [-0.1, -0.05) is 90.1 Å². The second-order valence-corrected chi connectivity index (χ2v) is 12.5. The third-order valence-corrected chi connectivity index (χ3v) is 9.47. The van der Waals surface area contributed by atoms with Crippen LogP contribution < -0.4 is 9.62 Å². The summed E-state index contributed by atoms with van der Waals surface area (Å²) >= 11 is 24.9. The number of rotatable bonds is 12. The molecule has 214 valence electrons. The Bertz CT molecular complexity index is 1460. The number of hydrogen-bond donors (Lipinski definition) is 1. The third-order valence-electron chi connectivity index (χ3n) is 6.14. The average molecular weight is 645 g/mol. The molecule has 0 saturated heterocycles. The van der Waals surface area contributed by atoms with Crippen LogP contribution in [0.15, 0.2) is 71.6 Å². The number of carbonyl (C=O) groups excluding carboxylic acids is 2. The summed E-state index contributed by atoms with van der Waals surface area (Å²) in [5.74, 6) is -1.01. The van der Waals surface area contributed by atoms with Crippen LogP contribution in [0.3, 0.4) is 0 Å². The lowest BCUT2D eigenvalue weighted by Gasteiger charge is -2.32. The Morgan fingerprint density at radius 3 is 2.25 bits per heavy atom. The van der Waals surface area contributed by atoms with E-state index in [9.17, 15) is 18.0 Å². The van der Waals surface area contributed by atoms with Crippen LogP contribution in [0.4, 0.5) is 5.69 Å². The van der Waals surface area contributed by atoms with Gasteiger partial charge in [-0.2, -0.15) is 0 Å². The van der Waals surface area contributed by atoms with Gasteiger partial charge >= 0.3 is 0 Å². The van der Waals surface area contributed by atoms with Crippen molar-refractivity contribution in [3.63, 3.8) is 0 Å². The summed E-state index contributed by atoms with van der Waals surface area (Å²) in [5, 5.41) is 3.54. The van der Waals surface area contributed by atoms with Crippen LogP contribution in [0.2, 0.25) is 20.1 Å². The summed E-state index contributed by atoms with van der Waals surface area (Å²) in [5.41, 5.74) is 0.634. The zero-order chi connectivity index (χ0) is 29.4. The van der Waals surface area contributed by atoms with Crippen LogP contribution >= 0.6 is 46.4 Å². The number of nitrogens with one attached hydrogen (secondary N) is 1. The fourth-order valence-electron chi connectivity index (χ4n) is 3.87. The average Bonchev–Trinajstić information content (AvgIpc) is 2.94. The van der Waals surface area contributed by atoms with Crippen LogP contribution in [0.1, 0.15) is 32.3 Å². The molecule has 3 rings (SSSR count). The predicted octanol–water partition coefficient (Wildman–Crippen LogP) is 6.83. The molecule has 1 N–H and O–H groups in total. The summed E-state index contributed by atoms with van der Waals surface area (Å²) in [6.07, 6.45) is 1.66. The van der Waals surface area contributed by atoms with Crippen molar-refractivity contribution < 1.29 is 18.0 Å². The second-order valence-electron chi connectivity index (χ2n) is 8.99. The van der Waals surface area contributed by atoms with Gasteiger partial charge in [0.05, 0.1) is 30.7 Å². The van der Waals surface area contributed by atoms with Gasteiger partial charge in [0.1, 0.15) is 12.6 Å². The maximum absolute atomic E-state index is 13.9.